The standard InChI is InChI=1S/C15H26O2/c1-10(2)12-6-7-14(4)13(16)9-11(3)5-8-15(12,14)17/h9-10,12-13,16-17H,5-8H2,1-4H3/t12-,13-,14-,15+/m1/s1. The van der Waals surface area contributed by atoms with E-state index in [0.29, 0.717) is 11.8 Å². The van der Waals surface area contributed by atoms with Gasteiger partial charge in [0, 0.05) is 5.41 Å². The Hall–Kier alpha value is -0.340. The van der Waals surface area contributed by atoms with E-state index in [1.54, 1.807) is 0 Å². The number of hydrogen-bond acceptors (Lipinski definition) is 2. The molecule has 4 atom stereocenters. The molecular weight excluding hydrogens is 212 g/mol. The monoisotopic (exact) mass is 238 g/mol. The van der Waals surface area contributed by atoms with Gasteiger partial charge in [-0.1, -0.05) is 32.4 Å². The molecule has 0 unspecified atom stereocenters. The SMILES string of the molecule is CC1=C[C@@H](O)[C@@]2(C)CC[C@H](C(C)C)[C@@]2(O)CC1. The maximum Gasteiger partial charge on any atom is 0.0804 e. The lowest BCUT2D eigenvalue weighted by atomic mass is 9.66. The number of fused-ring (bicyclic) bond motifs is 1. The predicted octanol–water partition coefficient (Wildman–Crippen LogP) is 2.89. The van der Waals surface area contributed by atoms with Crippen LogP contribution >= 0.6 is 0 Å². The smallest absolute Gasteiger partial charge is 0.0804 e. The largest absolute Gasteiger partial charge is 0.389 e. The molecule has 0 aromatic rings. The normalized spacial score (nSPS) is 46.6. The maximum atomic E-state index is 11.2. The Kier molecular flexibility index (Phi) is 3.16. The van der Waals surface area contributed by atoms with Crippen molar-refractivity contribution in [2.45, 2.75) is 65.1 Å². The van der Waals surface area contributed by atoms with Crippen molar-refractivity contribution in [1.82, 2.24) is 0 Å². The van der Waals surface area contributed by atoms with E-state index in [2.05, 4.69) is 27.7 Å². The Morgan fingerprint density at radius 1 is 1.35 bits per heavy atom. The summed E-state index contributed by atoms with van der Waals surface area (Å²) in [4.78, 5) is 0. The molecule has 98 valence electrons. The zero-order chi connectivity index (χ0) is 12.8. The summed E-state index contributed by atoms with van der Waals surface area (Å²) in [6, 6.07) is 0. The second kappa shape index (κ2) is 4.10. The fourth-order valence-electron chi connectivity index (χ4n) is 4.02. The van der Waals surface area contributed by atoms with E-state index >= 15 is 0 Å². The van der Waals surface area contributed by atoms with Crippen molar-refractivity contribution in [2.75, 3.05) is 0 Å². The van der Waals surface area contributed by atoms with Crippen molar-refractivity contribution in [3.63, 3.8) is 0 Å². The van der Waals surface area contributed by atoms with Gasteiger partial charge in [-0.2, -0.15) is 0 Å². The summed E-state index contributed by atoms with van der Waals surface area (Å²) in [7, 11) is 0. The van der Waals surface area contributed by atoms with E-state index in [1.807, 2.05) is 6.08 Å². The average molecular weight is 238 g/mol. The van der Waals surface area contributed by atoms with Crippen LogP contribution < -0.4 is 0 Å². The van der Waals surface area contributed by atoms with Crippen LogP contribution in [0.4, 0.5) is 0 Å². The molecule has 17 heavy (non-hydrogen) atoms. The minimum Gasteiger partial charge on any atom is -0.389 e. The van der Waals surface area contributed by atoms with E-state index in [-0.39, 0.29) is 5.41 Å². The first-order chi connectivity index (χ1) is 7.81. The van der Waals surface area contributed by atoms with Crippen LogP contribution in [-0.2, 0) is 0 Å². The highest BCUT2D eigenvalue weighted by atomic mass is 16.3. The quantitative estimate of drug-likeness (QED) is 0.690. The van der Waals surface area contributed by atoms with E-state index in [9.17, 15) is 10.2 Å². The first-order valence-electron chi connectivity index (χ1n) is 6.89. The molecule has 0 radical (unpaired) electrons. The molecule has 2 nitrogen and oxygen atoms in total. The Labute approximate surface area is 105 Å². The predicted molar refractivity (Wildman–Crippen MR) is 69.6 cm³/mol. The van der Waals surface area contributed by atoms with Crippen LogP contribution in [0.1, 0.15) is 53.4 Å². The van der Waals surface area contributed by atoms with E-state index in [4.69, 9.17) is 0 Å². The third kappa shape index (κ3) is 1.77. The highest BCUT2D eigenvalue weighted by Crippen LogP contribution is 2.57. The summed E-state index contributed by atoms with van der Waals surface area (Å²) in [5, 5.41) is 21.6. The molecule has 0 aliphatic heterocycles. The third-order valence-corrected chi connectivity index (χ3v) is 5.38. The number of aliphatic hydroxyl groups excluding tert-OH is 1. The summed E-state index contributed by atoms with van der Waals surface area (Å²) in [6.45, 7) is 8.49. The van der Waals surface area contributed by atoms with Gasteiger partial charge in [0.2, 0.25) is 0 Å². The Morgan fingerprint density at radius 2 is 2.00 bits per heavy atom. The molecular formula is C15H26O2. The number of aliphatic hydroxyl groups is 2. The van der Waals surface area contributed by atoms with Gasteiger partial charge >= 0.3 is 0 Å². The summed E-state index contributed by atoms with van der Waals surface area (Å²) in [5.74, 6) is 0.800. The van der Waals surface area contributed by atoms with Gasteiger partial charge in [-0.25, -0.2) is 0 Å². The zero-order valence-electron chi connectivity index (χ0n) is 11.5. The molecule has 1 saturated carbocycles. The number of rotatable bonds is 1. The van der Waals surface area contributed by atoms with Crippen molar-refractivity contribution >= 4 is 0 Å². The molecule has 2 aliphatic rings. The summed E-state index contributed by atoms with van der Waals surface area (Å²) < 4.78 is 0. The second-order valence-corrected chi connectivity index (χ2v) is 6.69. The van der Waals surface area contributed by atoms with Gasteiger partial charge in [0.25, 0.3) is 0 Å². The van der Waals surface area contributed by atoms with Crippen LogP contribution in [0.2, 0.25) is 0 Å². The van der Waals surface area contributed by atoms with Crippen molar-refractivity contribution in [3.05, 3.63) is 11.6 Å². The lowest BCUT2D eigenvalue weighted by Gasteiger charge is -2.45. The first kappa shape index (κ1) is 13.1. The van der Waals surface area contributed by atoms with Crippen LogP contribution in [0.5, 0.6) is 0 Å². The van der Waals surface area contributed by atoms with Crippen molar-refractivity contribution in [3.8, 4) is 0 Å². The topological polar surface area (TPSA) is 40.5 Å². The lowest BCUT2D eigenvalue weighted by Crippen LogP contribution is -2.52. The van der Waals surface area contributed by atoms with E-state index < -0.39 is 11.7 Å². The fourth-order valence-corrected chi connectivity index (χ4v) is 4.02. The number of hydrogen-bond donors (Lipinski definition) is 2. The van der Waals surface area contributed by atoms with E-state index in [0.717, 1.165) is 25.7 Å². The van der Waals surface area contributed by atoms with Crippen LogP contribution in [0.25, 0.3) is 0 Å². The highest BCUT2D eigenvalue weighted by molar-refractivity contribution is 5.20. The maximum absolute atomic E-state index is 11.2. The lowest BCUT2D eigenvalue weighted by molar-refractivity contribution is -0.132. The average Bonchev–Trinajstić information content (AvgIpc) is 2.46. The fraction of sp³-hybridized carbons (Fsp3) is 0.867. The van der Waals surface area contributed by atoms with Gasteiger partial charge in [0.1, 0.15) is 0 Å². The Bertz CT molecular complexity index is 334. The van der Waals surface area contributed by atoms with Gasteiger partial charge in [-0.3, -0.25) is 0 Å². The van der Waals surface area contributed by atoms with Gasteiger partial charge in [0.15, 0.2) is 0 Å². The summed E-state index contributed by atoms with van der Waals surface area (Å²) in [6.07, 6.45) is 5.13. The van der Waals surface area contributed by atoms with Crippen LogP contribution in [0.15, 0.2) is 11.6 Å². The van der Waals surface area contributed by atoms with Crippen LogP contribution in [0.3, 0.4) is 0 Å². The number of allylic oxidation sites excluding steroid dienone is 1. The van der Waals surface area contributed by atoms with E-state index in [1.165, 1.54) is 5.57 Å². The molecule has 0 heterocycles. The first-order valence-corrected chi connectivity index (χ1v) is 6.89. The van der Waals surface area contributed by atoms with Crippen molar-refractivity contribution in [2.24, 2.45) is 17.3 Å². The van der Waals surface area contributed by atoms with Crippen LogP contribution in [-0.4, -0.2) is 21.9 Å². The molecule has 0 aromatic carbocycles. The molecule has 2 aliphatic carbocycles. The molecule has 0 spiro atoms. The minimum absolute atomic E-state index is 0.321. The molecule has 2 rings (SSSR count). The summed E-state index contributed by atoms with van der Waals surface area (Å²) in [5.41, 5.74) is 0.151. The van der Waals surface area contributed by atoms with Gasteiger partial charge in [-0.05, 0) is 44.4 Å². The minimum atomic E-state index is -0.700. The molecule has 0 aromatic heterocycles. The summed E-state index contributed by atoms with van der Waals surface area (Å²) >= 11 is 0. The van der Waals surface area contributed by atoms with Crippen LogP contribution in [0, 0.1) is 17.3 Å². The molecule has 2 heteroatoms. The third-order valence-electron chi connectivity index (χ3n) is 5.38. The van der Waals surface area contributed by atoms with Crippen molar-refractivity contribution < 1.29 is 10.2 Å². The molecule has 0 saturated heterocycles. The molecule has 0 bridgehead atoms. The van der Waals surface area contributed by atoms with Gasteiger partial charge in [-0.15, -0.1) is 0 Å². The van der Waals surface area contributed by atoms with Crippen molar-refractivity contribution in [1.29, 1.82) is 0 Å². The highest BCUT2D eigenvalue weighted by Gasteiger charge is 2.60. The second-order valence-electron chi connectivity index (χ2n) is 6.69. The molecule has 0 amide bonds. The van der Waals surface area contributed by atoms with Gasteiger partial charge in [0.05, 0.1) is 11.7 Å². The zero-order valence-corrected chi connectivity index (χ0v) is 11.5. The molecule has 2 N–H and O–H groups in total. The molecule has 1 fully saturated rings. The Balaban J connectivity index is 2.40. The van der Waals surface area contributed by atoms with Gasteiger partial charge < -0.3 is 10.2 Å². The Morgan fingerprint density at radius 3 is 2.59 bits per heavy atom.